The van der Waals surface area contributed by atoms with E-state index in [0.29, 0.717) is 39.6 Å². The monoisotopic (exact) mass is 331 g/mol. The fraction of sp³-hybridized carbons (Fsp3) is 0.812. The first-order valence-corrected chi connectivity index (χ1v) is 8.03. The maximum absolute atomic E-state index is 5.69. The first-order valence-electron chi connectivity index (χ1n) is 8.03. The molecule has 1 aromatic rings. The summed E-state index contributed by atoms with van der Waals surface area (Å²) in [7, 11) is 5.07. The predicted molar refractivity (Wildman–Crippen MR) is 85.3 cm³/mol. The van der Waals surface area contributed by atoms with E-state index in [0.717, 1.165) is 31.9 Å². The minimum Gasteiger partial charge on any atom is -0.385 e. The highest BCUT2D eigenvalue weighted by molar-refractivity contribution is 4.82. The fourth-order valence-corrected chi connectivity index (χ4v) is 2.16. The van der Waals surface area contributed by atoms with Crippen molar-refractivity contribution in [3.8, 4) is 0 Å². The van der Waals surface area contributed by atoms with Crippen molar-refractivity contribution in [2.24, 2.45) is 0 Å². The van der Waals surface area contributed by atoms with Crippen molar-refractivity contribution in [2.45, 2.75) is 26.1 Å². The Hall–Kier alpha value is -0.990. The lowest BCUT2D eigenvalue weighted by molar-refractivity contribution is -0.706. The molecule has 0 amide bonds. The van der Waals surface area contributed by atoms with Crippen LogP contribution in [0.5, 0.6) is 0 Å². The van der Waals surface area contributed by atoms with E-state index < -0.39 is 0 Å². The van der Waals surface area contributed by atoms with E-state index in [4.69, 9.17) is 23.7 Å². The highest BCUT2D eigenvalue weighted by atomic mass is 16.5. The minimum absolute atomic E-state index is 0.557. The normalized spacial score (nSPS) is 11.3. The molecule has 0 fully saturated rings. The third-order valence-electron chi connectivity index (χ3n) is 3.41. The molecule has 0 aliphatic carbocycles. The lowest BCUT2D eigenvalue weighted by atomic mass is 10.4. The molecule has 0 saturated heterocycles. The Balaban J connectivity index is 2.51. The summed E-state index contributed by atoms with van der Waals surface area (Å²) in [5, 5.41) is 0. The standard InChI is InChI=1S/C16H31N2O5/c1-19-9-4-5-17-6-7-18(8-10-22-13-11-20-2)16(17)15-23-14-12-21-3/h6-7H,4-5,8-15H2,1-3H3/q+1. The van der Waals surface area contributed by atoms with Gasteiger partial charge in [-0.15, -0.1) is 0 Å². The van der Waals surface area contributed by atoms with Crippen LogP contribution in [0.1, 0.15) is 12.2 Å². The van der Waals surface area contributed by atoms with E-state index in [1.165, 1.54) is 0 Å². The minimum atomic E-state index is 0.557. The number of ether oxygens (including phenoxy) is 5. The number of aryl methyl sites for hydroxylation is 1. The molecule has 0 aliphatic heterocycles. The van der Waals surface area contributed by atoms with Gasteiger partial charge in [-0.2, -0.15) is 0 Å². The van der Waals surface area contributed by atoms with E-state index in [-0.39, 0.29) is 0 Å². The zero-order chi connectivity index (χ0) is 16.8. The molecule has 1 heterocycles. The molecule has 0 saturated carbocycles. The smallest absolute Gasteiger partial charge is 0.282 e. The van der Waals surface area contributed by atoms with Crippen LogP contribution in [0, 0.1) is 0 Å². The zero-order valence-electron chi connectivity index (χ0n) is 14.7. The first kappa shape index (κ1) is 20.1. The molecule has 0 spiro atoms. The number of aromatic nitrogens is 2. The average molecular weight is 331 g/mol. The average Bonchev–Trinajstić information content (AvgIpc) is 2.94. The Morgan fingerprint density at radius 1 is 0.870 bits per heavy atom. The van der Waals surface area contributed by atoms with Crippen molar-refractivity contribution in [1.29, 1.82) is 0 Å². The van der Waals surface area contributed by atoms with Gasteiger partial charge in [-0.25, -0.2) is 9.13 Å². The zero-order valence-corrected chi connectivity index (χ0v) is 14.7. The molecule has 0 aliphatic rings. The number of hydrogen-bond acceptors (Lipinski definition) is 5. The van der Waals surface area contributed by atoms with Gasteiger partial charge in [0.2, 0.25) is 0 Å². The maximum atomic E-state index is 5.69. The summed E-state index contributed by atoms with van der Waals surface area (Å²) in [6.07, 6.45) is 5.13. The van der Waals surface area contributed by atoms with Crippen molar-refractivity contribution in [3.63, 3.8) is 0 Å². The maximum Gasteiger partial charge on any atom is 0.282 e. The van der Waals surface area contributed by atoms with Gasteiger partial charge in [-0.1, -0.05) is 0 Å². The number of rotatable bonds is 15. The summed E-state index contributed by atoms with van der Waals surface area (Å²) in [5.41, 5.74) is 0. The second-order valence-electron chi connectivity index (χ2n) is 5.10. The highest BCUT2D eigenvalue weighted by Crippen LogP contribution is 2.00. The van der Waals surface area contributed by atoms with Crippen LogP contribution in [-0.2, 0) is 43.4 Å². The van der Waals surface area contributed by atoms with Crippen LogP contribution >= 0.6 is 0 Å². The van der Waals surface area contributed by atoms with Crippen molar-refractivity contribution in [3.05, 3.63) is 18.2 Å². The molecule has 1 aromatic heterocycles. The van der Waals surface area contributed by atoms with E-state index in [1.54, 1.807) is 21.3 Å². The van der Waals surface area contributed by atoms with Gasteiger partial charge in [0, 0.05) is 34.4 Å². The number of hydrogen-bond donors (Lipinski definition) is 0. The molecule has 0 N–H and O–H groups in total. The second kappa shape index (κ2) is 13.4. The molecule has 23 heavy (non-hydrogen) atoms. The fourth-order valence-electron chi connectivity index (χ4n) is 2.16. The number of nitrogens with zero attached hydrogens (tertiary/aromatic N) is 2. The summed E-state index contributed by atoms with van der Waals surface area (Å²) in [6, 6.07) is 0. The Morgan fingerprint density at radius 2 is 1.57 bits per heavy atom. The third-order valence-corrected chi connectivity index (χ3v) is 3.41. The van der Waals surface area contributed by atoms with Gasteiger partial charge < -0.3 is 23.7 Å². The van der Waals surface area contributed by atoms with Crippen LogP contribution in [0.3, 0.4) is 0 Å². The van der Waals surface area contributed by atoms with Crippen LogP contribution in [0.15, 0.2) is 12.4 Å². The number of methoxy groups -OCH3 is 3. The van der Waals surface area contributed by atoms with Gasteiger partial charge in [0.15, 0.2) is 0 Å². The highest BCUT2D eigenvalue weighted by Gasteiger charge is 2.17. The molecule has 0 aromatic carbocycles. The molecule has 7 nitrogen and oxygen atoms in total. The lowest BCUT2D eigenvalue weighted by Gasteiger charge is -2.07. The summed E-state index contributed by atoms with van der Waals surface area (Å²) < 4.78 is 30.7. The largest absolute Gasteiger partial charge is 0.385 e. The molecular weight excluding hydrogens is 300 g/mol. The first-order chi connectivity index (χ1) is 11.3. The van der Waals surface area contributed by atoms with Crippen molar-refractivity contribution < 1.29 is 28.3 Å². The van der Waals surface area contributed by atoms with Gasteiger partial charge in [-0.3, -0.25) is 0 Å². The summed E-state index contributed by atoms with van der Waals surface area (Å²) in [6.45, 7) is 6.10. The molecule has 0 radical (unpaired) electrons. The van der Waals surface area contributed by atoms with Crippen molar-refractivity contribution >= 4 is 0 Å². The van der Waals surface area contributed by atoms with Crippen molar-refractivity contribution in [1.82, 2.24) is 4.57 Å². The second-order valence-corrected chi connectivity index (χ2v) is 5.10. The van der Waals surface area contributed by atoms with E-state index >= 15 is 0 Å². The molecule has 0 atom stereocenters. The molecule has 134 valence electrons. The van der Waals surface area contributed by atoms with Crippen molar-refractivity contribution in [2.75, 3.05) is 61.0 Å². The topological polar surface area (TPSA) is 55.0 Å². The predicted octanol–water partition coefficient (Wildman–Crippen LogP) is 0.638. The van der Waals surface area contributed by atoms with Crippen LogP contribution in [0.2, 0.25) is 0 Å². The van der Waals surface area contributed by atoms with Gasteiger partial charge in [0.1, 0.15) is 25.5 Å². The summed E-state index contributed by atoms with van der Waals surface area (Å²) in [5.74, 6) is 1.13. The quantitative estimate of drug-likeness (QED) is 0.349. The van der Waals surface area contributed by atoms with E-state index in [2.05, 4.69) is 21.5 Å². The third kappa shape index (κ3) is 8.43. The SMILES string of the molecule is COCCC[n+]1ccn(CCOCCOC)c1COCCOC. The van der Waals surface area contributed by atoms with E-state index in [1.807, 2.05) is 0 Å². The van der Waals surface area contributed by atoms with Crippen LogP contribution in [0.25, 0.3) is 0 Å². The van der Waals surface area contributed by atoms with Gasteiger partial charge in [-0.05, 0) is 0 Å². The van der Waals surface area contributed by atoms with Gasteiger partial charge in [0.25, 0.3) is 5.82 Å². The summed E-state index contributed by atoms with van der Waals surface area (Å²) in [4.78, 5) is 0. The van der Waals surface area contributed by atoms with Crippen LogP contribution in [-0.4, -0.2) is 65.5 Å². The Labute approximate surface area is 139 Å². The molecular formula is C16H31N2O5+. The number of imidazole rings is 1. The molecule has 0 bridgehead atoms. The van der Waals surface area contributed by atoms with Crippen LogP contribution < -0.4 is 4.57 Å². The Morgan fingerprint density at radius 3 is 2.26 bits per heavy atom. The van der Waals surface area contributed by atoms with Gasteiger partial charge >= 0.3 is 0 Å². The Kier molecular flexibility index (Phi) is 11.7. The lowest BCUT2D eigenvalue weighted by Crippen LogP contribution is -2.38. The van der Waals surface area contributed by atoms with E-state index in [9.17, 15) is 0 Å². The van der Waals surface area contributed by atoms with Crippen LogP contribution in [0.4, 0.5) is 0 Å². The molecule has 1 rings (SSSR count). The Bertz CT molecular complexity index is 398. The summed E-state index contributed by atoms with van der Waals surface area (Å²) >= 11 is 0. The molecule has 0 unspecified atom stereocenters. The molecule has 7 heteroatoms. The van der Waals surface area contributed by atoms with Gasteiger partial charge in [0.05, 0.1) is 39.6 Å².